The molecule has 2 aromatic rings. The Morgan fingerprint density at radius 2 is 1.84 bits per heavy atom. The van der Waals surface area contributed by atoms with Crippen molar-refractivity contribution >= 4 is 5.91 Å². The number of carbonyl (C=O) groups is 1. The van der Waals surface area contributed by atoms with E-state index >= 15 is 0 Å². The lowest BCUT2D eigenvalue weighted by atomic mass is 9.71. The molecule has 32 heavy (non-hydrogen) atoms. The van der Waals surface area contributed by atoms with E-state index in [4.69, 9.17) is 4.74 Å². The first kappa shape index (κ1) is 21.6. The van der Waals surface area contributed by atoms with Crippen LogP contribution in [0.15, 0.2) is 36.7 Å². The zero-order valence-electron chi connectivity index (χ0n) is 19.5. The van der Waals surface area contributed by atoms with Crippen LogP contribution in [0, 0.1) is 11.3 Å². The molecule has 1 atom stereocenters. The van der Waals surface area contributed by atoms with Crippen LogP contribution in [-0.2, 0) is 21.5 Å². The summed E-state index contributed by atoms with van der Waals surface area (Å²) in [6.45, 7) is 8.44. The van der Waals surface area contributed by atoms with Crippen molar-refractivity contribution in [1.29, 1.82) is 0 Å². The SMILES string of the molecule is CC(C)Cn1cnnc1C1CN(C(=O)C2(c3ccccc3)CCCC2)CC12CCOCC2. The van der Waals surface area contributed by atoms with Crippen LogP contribution >= 0.6 is 0 Å². The van der Waals surface area contributed by atoms with E-state index in [1.54, 1.807) is 0 Å². The molecule has 6 nitrogen and oxygen atoms in total. The summed E-state index contributed by atoms with van der Waals surface area (Å²) in [5, 5.41) is 8.89. The van der Waals surface area contributed by atoms with Crippen LogP contribution in [0.4, 0.5) is 0 Å². The molecule has 3 fully saturated rings. The van der Waals surface area contributed by atoms with Crippen LogP contribution in [0.5, 0.6) is 0 Å². The molecule has 2 saturated heterocycles. The van der Waals surface area contributed by atoms with E-state index in [0.29, 0.717) is 11.8 Å². The van der Waals surface area contributed by atoms with E-state index in [1.807, 2.05) is 12.4 Å². The third-order valence-corrected chi connectivity index (χ3v) is 8.14. The number of carbonyl (C=O) groups excluding carboxylic acids is 1. The molecule has 172 valence electrons. The Hall–Kier alpha value is -2.21. The van der Waals surface area contributed by atoms with Crippen LogP contribution in [0.2, 0.25) is 0 Å². The number of nitrogens with zero attached hydrogens (tertiary/aromatic N) is 4. The monoisotopic (exact) mass is 436 g/mol. The summed E-state index contributed by atoms with van der Waals surface area (Å²) in [4.78, 5) is 16.4. The van der Waals surface area contributed by atoms with Gasteiger partial charge in [0.05, 0.1) is 5.41 Å². The van der Waals surface area contributed by atoms with Crippen molar-refractivity contribution < 1.29 is 9.53 Å². The molecule has 1 amide bonds. The molecule has 5 rings (SSSR count). The van der Waals surface area contributed by atoms with E-state index in [0.717, 1.165) is 77.2 Å². The molecule has 3 heterocycles. The van der Waals surface area contributed by atoms with Gasteiger partial charge < -0.3 is 14.2 Å². The van der Waals surface area contributed by atoms with Crippen molar-refractivity contribution in [2.75, 3.05) is 26.3 Å². The quantitative estimate of drug-likeness (QED) is 0.706. The van der Waals surface area contributed by atoms with Crippen LogP contribution in [0.25, 0.3) is 0 Å². The third-order valence-electron chi connectivity index (χ3n) is 8.14. The highest BCUT2D eigenvalue weighted by atomic mass is 16.5. The third kappa shape index (κ3) is 3.66. The number of likely N-dealkylation sites (tertiary alicyclic amines) is 1. The van der Waals surface area contributed by atoms with Gasteiger partial charge >= 0.3 is 0 Å². The summed E-state index contributed by atoms with van der Waals surface area (Å²) in [6, 6.07) is 10.5. The fraction of sp³-hybridized carbons (Fsp3) is 0.654. The molecular formula is C26H36N4O2. The van der Waals surface area contributed by atoms with E-state index in [-0.39, 0.29) is 16.7 Å². The van der Waals surface area contributed by atoms with Crippen LogP contribution in [0.3, 0.4) is 0 Å². The highest BCUT2D eigenvalue weighted by Gasteiger charge is 2.54. The number of amides is 1. The maximum atomic E-state index is 14.2. The number of benzene rings is 1. The van der Waals surface area contributed by atoms with Gasteiger partial charge in [-0.1, -0.05) is 57.0 Å². The van der Waals surface area contributed by atoms with Crippen molar-refractivity contribution in [3.8, 4) is 0 Å². The van der Waals surface area contributed by atoms with Gasteiger partial charge in [-0.3, -0.25) is 4.79 Å². The average molecular weight is 437 g/mol. The molecule has 6 heteroatoms. The Labute approximate surface area is 191 Å². The fourth-order valence-corrected chi connectivity index (χ4v) is 6.50. The van der Waals surface area contributed by atoms with Crippen molar-refractivity contribution in [1.82, 2.24) is 19.7 Å². The lowest BCUT2D eigenvalue weighted by molar-refractivity contribution is -0.137. The average Bonchev–Trinajstić information content (AvgIpc) is 3.54. The van der Waals surface area contributed by atoms with Crippen molar-refractivity contribution in [2.45, 2.75) is 70.3 Å². The molecule has 1 unspecified atom stereocenters. The van der Waals surface area contributed by atoms with Gasteiger partial charge in [-0.2, -0.15) is 0 Å². The summed E-state index contributed by atoms with van der Waals surface area (Å²) in [5.74, 6) is 2.11. The lowest BCUT2D eigenvalue weighted by Crippen LogP contribution is -2.45. The summed E-state index contributed by atoms with van der Waals surface area (Å²) in [7, 11) is 0. The zero-order valence-corrected chi connectivity index (χ0v) is 19.5. The van der Waals surface area contributed by atoms with Crippen molar-refractivity contribution in [3.63, 3.8) is 0 Å². The first-order chi connectivity index (χ1) is 15.5. The summed E-state index contributed by atoms with van der Waals surface area (Å²) < 4.78 is 7.98. The zero-order chi connectivity index (χ0) is 22.2. The van der Waals surface area contributed by atoms with E-state index < -0.39 is 0 Å². The Bertz CT molecular complexity index is 926. The normalized spacial score (nSPS) is 24.5. The minimum atomic E-state index is -0.367. The van der Waals surface area contributed by atoms with E-state index in [1.165, 1.54) is 5.56 Å². The van der Waals surface area contributed by atoms with Gasteiger partial charge in [0.2, 0.25) is 5.91 Å². The lowest BCUT2D eigenvalue weighted by Gasteiger charge is -2.38. The summed E-state index contributed by atoms with van der Waals surface area (Å²) in [5.41, 5.74) is 0.857. The van der Waals surface area contributed by atoms with E-state index in [9.17, 15) is 4.79 Å². The summed E-state index contributed by atoms with van der Waals surface area (Å²) in [6.07, 6.45) is 7.99. The van der Waals surface area contributed by atoms with Gasteiger partial charge in [-0.15, -0.1) is 10.2 Å². The first-order valence-corrected chi connectivity index (χ1v) is 12.3. The molecule has 0 radical (unpaired) electrons. The van der Waals surface area contributed by atoms with Crippen LogP contribution in [0.1, 0.15) is 69.7 Å². The minimum absolute atomic E-state index is 0.0339. The van der Waals surface area contributed by atoms with E-state index in [2.05, 4.69) is 57.8 Å². The second-order valence-corrected chi connectivity index (χ2v) is 10.6. The topological polar surface area (TPSA) is 60.2 Å². The van der Waals surface area contributed by atoms with Gasteiger partial charge in [0, 0.05) is 44.2 Å². The molecule has 1 aromatic heterocycles. The number of ether oxygens (including phenoxy) is 1. The maximum Gasteiger partial charge on any atom is 0.233 e. The van der Waals surface area contributed by atoms with Crippen molar-refractivity contribution in [3.05, 3.63) is 48.0 Å². The largest absolute Gasteiger partial charge is 0.381 e. The van der Waals surface area contributed by atoms with Gasteiger partial charge in [0.15, 0.2) is 0 Å². The van der Waals surface area contributed by atoms with Crippen LogP contribution < -0.4 is 0 Å². The first-order valence-electron chi connectivity index (χ1n) is 12.3. The molecular weight excluding hydrogens is 400 g/mol. The highest BCUT2D eigenvalue weighted by molar-refractivity contribution is 5.89. The highest BCUT2D eigenvalue weighted by Crippen LogP contribution is 2.51. The molecule has 3 aliphatic rings. The van der Waals surface area contributed by atoms with Gasteiger partial charge in [-0.05, 0) is 37.2 Å². The Kier molecular flexibility index (Phi) is 5.82. The van der Waals surface area contributed by atoms with Crippen LogP contribution in [-0.4, -0.2) is 51.9 Å². The van der Waals surface area contributed by atoms with Gasteiger partial charge in [0.1, 0.15) is 12.2 Å². The standard InChI is InChI=1S/C26H36N4O2/c1-20(2)16-30-19-27-28-23(30)22-17-29(18-25(22)12-14-32-15-13-25)24(31)26(10-6-7-11-26)21-8-4-3-5-9-21/h3-5,8-9,19-20,22H,6-7,10-18H2,1-2H3. The molecule has 0 N–H and O–H groups in total. The van der Waals surface area contributed by atoms with Crippen molar-refractivity contribution in [2.24, 2.45) is 11.3 Å². The van der Waals surface area contributed by atoms with Gasteiger partial charge in [0.25, 0.3) is 0 Å². The number of rotatable bonds is 5. The predicted molar refractivity (Wildman–Crippen MR) is 123 cm³/mol. The molecule has 1 saturated carbocycles. The Morgan fingerprint density at radius 1 is 1.12 bits per heavy atom. The molecule has 1 spiro atoms. The summed E-state index contributed by atoms with van der Waals surface area (Å²) >= 11 is 0. The Balaban J connectivity index is 1.48. The smallest absolute Gasteiger partial charge is 0.233 e. The minimum Gasteiger partial charge on any atom is -0.381 e. The molecule has 0 bridgehead atoms. The Morgan fingerprint density at radius 3 is 2.53 bits per heavy atom. The second-order valence-electron chi connectivity index (χ2n) is 10.6. The molecule has 2 aliphatic heterocycles. The molecule has 1 aromatic carbocycles. The maximum absolute atomic E-state index is 14.2. The second kappa shape index (κ2) is 8.62. The number of hydrogen-bond donors (Lipinski definition) is 0. The number of hydrogen-bond acceptors (Lipinski definition) is 4. The predicted octanol–water partition coefficient (Wildman–Crippen LogP) is 4.17. The molecule has 1 aliphatic carbocycles. The fourth-order valence-electron chi connectivity index (χ4n) is 6.50. The van der Waals surface area contributed by atoms with Gasteiger partial charge in [-0.25, -0.2) is 0 Å². The number of aromatic nitrogens is 3.